The number of aryl methyl sites for hydroxylation is 2. The van der Waals surface area contributed by atoms with Gasteiger partial charge in [-0.05, 0) is 42.7 Å². The fraction of sp³-hybridized carbons (Fsp3) is 0.214. The molecule has 1 aromatic heterocycles. The number of nitrogens with two attached hydrogens (primary N) is 1. The van der Waals surface area contributed by atoms with E-state index in [1.165, 1.54) is 0 Å². The summed E-state index contributed by atoms with van der Waals surface area (Å²) in [5.41, 5.74) is 7.92. The van der Waals surface area contributed by atoms with Crippen molar-refractivity contribution in [2.75, 3.05) is 11.5 Å². The first kappa shape index (κ1) is 13.5. The Hall–Kier alpha value is -1.88. The molecular weight excluding hydrogens is 260 g/mol. The first-order valence-corrected chi connectivity index (χ1v) is 7.63. The van der Waals surface area contributed by atoms with Crippen LogP contribution in [0.3, 0.4) is 0 Å². The molecule has 0 bridgehead atoms. The number of hydrogen-bond donors (Lipinski definition) is 1. The van der Waals surface area contributed by atoms with Gasteiger partial charge in [-0.2, -0.15) is 0 Å². The third kappa shape index (κ3) is 3.12. The van der Waals surface area contributed by atoms with Crippen molar-refractivity contribution in [2.24, 2.45) is 0 Å². The van der Waals surface area contributed by atoms with E-state index in [0.717, 1.165) is 11.1 Å². The molecule has 0 spiro atoms. The van der Waals surface area contributed by atoms with Crippen LogP contribution in [0.2, 0.25) is 0 Å². The van der Waals surface area contributed by atoms with Crippen LogP contribution in [0.5, 0.6) is 0 Å². The Labute approximate surface area is 113 Å². The fourth-order valence-electron chi connectivity index (χ4n) is 1.84. The maximum absolute atomic E-state index is 12.3. The molecule has 0 unspecified atom stereocenters. The number of rotatable bonds is 4. The minimum Gasteiger partial charge on any atom is -0.397 e. The number of nitrogens with zero attached hydrogens (tertiary/aromatic N) is 1. The average molecular weight is 276 g/mol. The molecular formula is C14H16N2O2S. The molecule has 0 aliphatic carbocycles. The molecule has 2 rings (SSSR count). The lowest BCUT2D eigenvalue weighted by molar-refractivity contribution is 0.595. The van der Waals surface area contributed by atoms with Crippen molar-refractivity contribution < 1.29 is 8.42 Å². The van der Waals surface area contributed by atoms with Gasteiger partial charge in [0.1, 0.15) is 0 Å². The molecule has 5 heteroatoms. The number of para-hydroxylation sites is 1. The van der Waals surface area contributed by atoms with Crippen LogP contribution in [-0.2, 0) is 16.3 Å². The van der Waals surface area contributed by atoms with Gasteiger partial charge >= 0.3 is 0 Å². The first-order chi connectivity index (χ1) is 9.00. The Balaban J connectivity index is 2.22. The van der Waals surface area contributed by atoms with Crippen LogP contribution in [-0.4, -0.2) is 19.2 Å². The summed E-state index contributed by atoms with van der Waals surface area (Å²) in [6.07, 6.45) is 3.77. The molecule has 1 heterocycles. The Morgan fingerprint density at radius 1 is 1.16 bits per heavy atom. The topological polar surface area (TPSA) is 73.0 Å². The van der Waals surface area contributed by atoms with E-state index in [1.54, 1.807) is 37.5 Å². The highest BCUT2D eigenvalue weighted by molar-refractivity contribution is 7.91. The number of hydrogen-bond acceptors (Lipinski definition) is 4. The maximum Gasteiger partial charge on any atom is 0.180 e. The van der Waals surface area contributed by atoms with Gasteiger partial charge in [-0.25, -0.2) is 8.42 Å². The summed E-state index contributed by atoms with van der Waals surface area (Å²) < 4.78 is 24.6. The lowest BCUT2D eigenvalue weighted by atomic mass is 10.2. The zero-order chi connectivity index (χ0) is 13.9. The van der Waals surface area contributed by atoms with Crippen LogP contribution in [0.15, 0.2) is 47.6 Å². The van der Waals surface area contributed by atoms with Crippen LogP contribution >= 0.6 is 0 Å². The van der Waals surface area contributed by atoms with E-state index in [2.05, 4.69) is 4.98 Å². The Morgan fingerprint density at radius 2 is 1.84 bits per heavy atom. The largest absolute Gasteiger partial charge is 0.397 e. The van der Waals surface area contributed by atoms with Crippen molar-refractivity contribution in [3.63, 3.8) is 0 Å². The second kappa shape index (κ2) is 5.40. The van der Waals surface area contributed by atoms with E-state index >= 15 is 0 Å². The first-order valence-electron chi connectivity index (χ1n) is 5.97. The van der Waals surface area contributed by atoms with Gasteiger partial charge in [0.15, 0.2) is 9.84 Å². The van der Waals surface area contributed by atoms with Crippen LogP contribution in [0, 0.1) is 6.92 Å². The number of anilines is 1. The second-order valence-corrected chi connectivity index (χ2v) is 6.49. The summed E-state index contributed by atoms with van der Waals surface area (Å²) in [5, 5.41) is 0. The number of aromatic nitrogens is 1. The molecule has 0 fully saturated rings. The van der Waals surface area contributed by atoms with Gasteiger partial charge in [-0.1, -0.05) is 12.1 Å². The SMILES string of the molecule is Cc1cccc(S(=O)(=O)CCc2ccncc2)c1N. The molecule has 2 N–H and O–H groups in total. The van der Waals surface area contributed by atoms with Crippen molar-refractivity contribution in [1.29, 1.82) is 0 Å². The molecule has 4 nitrogen and oxygen atoms in total. The maximum atomic E-state index is 12.3. The summed E-state index contributed by atoms with van der Waals surface area (Å²) in [4.78, 5) is 4.13. The lowest BCUT2D eigenvalue weighted by Gasteiger charge is -2.09. The Morgan fingerprint density at radius 3 is 2.53 bits per heavy atom. The minimum absolute atomic E-state index is 0.0463. The predicted octanol–water partition coefficient (Wildman–Crippen LogP) is 1.99. The normalized spacial score (nSPS) is 11.4. The molecule has 0 saturated heterocycles. The van der Waals surface area contributed by atoms with Crippen molar-refractivity contribution >= 4 is 15.5 Å². The highest BCUT2D eigenvalue weighted by Gasteiger charge is 2.18. The van der Waals surface area contributed by atoms with Gasteiger partial charge in [0.05, 0.1) is 16.3 Å². The fourth-order valence-corrected chi connectivity index (χ4v) is 3.34. The summed E-state index contributed by atoms with van der Waals surface area (Å²) >= 11 is 0. The van der Waals surface area contributed by atoms with E-state index in [1.807, 2.05) is 12.1 Å². The van der Waals surface area contributed by atoms with Gasteiger partial charge in [0, 0.05) is 12.4 Å². The van der Waals surface area contributed by atoms with Crippen LogP contribution in [0.4, 0.5) is 5.69 Å². The number of pyridine rings is 1. The Kier molecular flexibility index (Phi) is 3.85. The Bertz CT molecular complexity index is 667. The van der Waals surface area contributed by atoms with Crippen molar-refractivity contribution in [3.8, 4) is 0 Å². The van der Waals surface area contributed by atoms with Crippen molar-refractivity contribution in [3.05, 3.63) is 53.9 Å². The molecule has 0 amide bonds. The second-order valence-electron chi connectivity index (χ2n) is 4.41. The molecule has 0 aliphatic heterocycles. The van der Waals surface area contributed by atoms with Gasteiger partial charge in [0.2, 0.25) is 0 Å². The van der Waals surface area contributed by atoms with Crippen molar-refractivity contribution in [2.45, 2.75) is 18.2 Å². The summed E-state index contributed by atoms with van der Waals surface area (Å²) in [5.74, 6) is 0.0463. The van der Waals surface area contributed by atoms with Gasteiger partial charge < -0.3 is 5.73 Å². The summed E-state index contributed by atoms with van der Waals surface area (Å²) in [7, 11) is -3.36. The van der Waals surface area contributed by atoms with Gasteiger partial charge in [-0.3, -0.25) is 4.98 Å². The van der Waals surface area contributed by atoms with E-state index in [-0.39, 0.29) is 10.6 Å². The molecule has 0 aliphatic rings. The predicted molar refractivity (Wildman–Crippen MR) is 75.6 cm³/mol. The van der Waals surface area contributed by atoms with E-state index < -0.39 is 9.84 Å². The smallest absolute Gasteiger partial charge is 0.180 e. The number of nitrogen functional groups attached to an aromatic ring is 1. The van der Waals surface area contributed by atoms with Crippen LogP contribution < -0.4 is 5.73 Å². The molecule has 0 radical (unpaired) electrons. The highest BCUT2D eigenvalue weighted by Crippen LogP contribution is 2.23. The number of benzene rings is 1. The molecule has 1 aromatic carbocycles. The van der Waals surface area contributed by atoms with Crippen molar-refractivity contribution in [1.82, 2.24) is 4.98 Å². The zero-order valence-electron chi connectivity index (χ0n) is 10.7. The molecule has 0 atom stereocenters. The van der Waals surface area contributed by atoms with E-state index in [0.29, 0.717) is 12.1 Å². The third-order valence-corrected chi connectivity index (χ3v) is 4.80. The summed E-state index contributed by atoms with van der Waals surface area (Å²) in [6.45, 7) is 1.80. The van der Waals surface area contributed by atoms with Gasteiger partial charge in [0.25, 0.3) is 0 Å². The third-order valence-electron chi connectivity index (χ3n) is 3.03. The lowest BCUT2D eigenvalue weighted by Crippen LogP contribution is -2.12. The molecule has 0 saturated carbocycles. The average Bonchev–Trinajstić information content (AvgIpc) is 2.41. The minimum atomic E-state index is -3.36. The van der Waals surface area contributed by atoms with E-state index in [4.69, 9.17) is 5.73 Å². The van der Waals surface area contributed by atoms with Crippen LogP contribution in [0.25, 0.3) is 0 Å². The highest BCUT2D eigenvalue weighted by atomic mass is 32.2. The monoisotopic (exact) mass is 276 g/mol. The standard InChI is InChI=1S/C14H16N2O2S/c1-11-3-2-4-13(14(11)15)19(17,18)10-7-12-5-8-16-9-6-12/h2-6,8-9H,7,10,15H2,1H3. The van der Waals surface area contributed by atoms with E-state index in [9.17, 15) is 8.42 Å². The molecule has 19 heavy (non-hydrogen) atoms. The summed E-state index contributed by atoms with van der Waals surface area (Å²) in [6, 6.07) is 8.71. The number of sulfone groups is 1. The molecule has 100 valence electrons. The van der Waals surface area contributed by atoms with Gasteiger partial charge in [-0.15, -0.1) is 0 Å². The molecule has 2 aromatic rings. The van der Waals surface area contributed by atoms with Crippen LogP contribution in [0.1, 0.15) is 11.1 Å². The zero-order valence-corrected chi connectivity index (χ0v) is 11.5. The quantitative estimate of drug-likeness (QED) is 0.867.